The molecule has 0 bridgehead atoms. The van der Waals surface area contributed by atoms with Crippen LogP contribution in [0.1, 0.15) is 26.2 Å². The number of hydrogen-bond donors (Lipinski definition) is 3. The van der Waals surface area contributed by atoms with Gasteiger partial charge in [-0.15, -0.1) is 0 Å². The number of carbonyl (C=O) groups excluding carboxylic acids is 1. The molecule has 1 aliphatic rings. The zero-order chi connectivity index (χ0) is 18.6. The fraction of sp³-hybridized carbons (Fsp3) is 0.421. The molecule has 6 nitrogen and oxygen atoms in total. The first kappa shape index (κ1) is 18.8. The van der Waals surface area contributed by atoms with Crippen molar-refractivity contribution in [2.45, 2.75) is 43.2 Å². The first-order valence-electron chi connectivity index (χ1n) is 8.95. The monoisotopic (exact) mass is 375 g/mol. The molecular formula is C19H25N3O3S. The molecule has 0 saturated carbocycles. The first-order valence-corrected chi connectivity index (χ1v) is 10.4. The molecule has 0 aromatic heterocycles. The lowest BCUT2D eigenvalue weighted by molar-refractivity contribution is -0.121. The molecule has 1 heterocycles. The number of sulfonamides is 1. The Bertz CT molecular complexity index is 882. The van der Waals surface area contributed by atoms with E-state index in [2.05, 4.69) is 22.3 Å². The maximum absolute atomic E-state index is 12.4. The van der Waals surface area contributed by atoms with E-state index in [0.29, 0.717) is 6.04 Å². The van der Waals surface area contributed by atoms with Gasteiger partial charge in [-0.2, -0.15) is 0 Å². The van der Waals surface area contributed by atoms with E-state index in [4.69, 9.17) is 0 Å². The molecule has 2 aromatic rings. The summed E-state index contributed by atoms with van der Waals surface area (Å²) in [5, 5.41) is 8.18. The summed E-state index contributed by atoms with van der Waals surface area (Å²) < 4.78 is 27.4. The predicted octanol–water partition coefficient (Wildman–Crippen LogP) is 1.76. The Balaban J connectivity index is 1.53. The summed E-state index contributed by atoms with van der Waals surface area (Å²) in [7, 11) is -3.63. The number of carbonyl (C=O) groups is 1. The first-order chi connectivity index (χ1) is 12.4. The molecule has 2 atom stereocenters. The van der Waals surface area contributed by atoms with Crippen molar-refractivity contribution in [3.8, 4) is 0 Å². The molecule has 3 rings (SSSR count). The number of benzene rings is 2. The summed E-state index contributed by atoms with van der Waals surface area (Å²) in [5.74, 6) is -0.120. The SMILES string of the molecule is CC1CC(NC(=O)CCNS(=O)(=O)c2ccc3ccccc3c2)CCN1. The highest BCUT2D eigenvalue weighted by atomic mass is 32.2. The Morgan fingerprint density at radius 2 is 1.96 bits per heavy atom. The van der Waals surface area contributed by atoms with Crippen molar-refractivity contribution in [3.05, 3.63) is 42.5 Å². The lowest BCUT2D eigenvalue weighted by atomic mass is 10.0. The second-order valence-electron chi connectivity index (χ2n) is 6.80. The van der Waals surface area contributed by atoms with Gasteiger partial charge in [0.05, 0.1) is 4.90 Å². The zero-order valence-corrected chi connectivity index (χ0v) is 15.7. The van der Waals surface area contributed by atoms with Gasteiger partial charge in [-0.25, -0.2) is 13.1 Å². The second kappa shape index (κ2) is 8.16. The summed E-state index contributed by atoms with van der Waals surface area (Å²) in [6.07, 6.45) is 1.93. The summed E-state index contributed by atoms with van der Waals surface area (Å²) in [6.45, 7) is 3.07. The molecule has 140 valence electrons. The Morgan fingerprint density at radius 3 is 2.73 bits per heavy atom. The fourth-order valence-corrected chi connectivity index (χ4v) is 4.35. The maximum atomic E-state index is 12.4. The second-order valence-corrected chi connectivity index (χ2v) is 8.57. The van der Waals surface area contributed by atoms with Crippen molar-refractivity contribution in [2.24, 2.45) is 0 Å². The topological polar surface area (TPSA) is 87.3 Å². The van der Waals surface area contributed by atoms with Gasteiger partial charge in [-0.1, -0.05) is 30.3 Å². The minimum atomic E-state index is -3.63. The molecule has 26 heavy (non-hydrogen) atoms. The lowest BCUT2D eigenvalue weighted by Crippen LogP contribution is -2.47. The highest BCUT2D eigenvalue weighted by Gasteiger charge is 2.20. The Morgan fingerprint density at radius 1 is 1.19 bits per heavy atom. The number of fused-ring (bicyclic) bond motifs is 1. The molecule has 1 saturated heterocycles. The van der Waals surface area contributed by atoms with Gasteiger partial charge in [0.2, 0.25) is 15.9 Å². The van der Waals surface area contributed by atoms with Crippen LogP contribution in [0.5, 0.6) is 0 Å². The molecule has 7 heteroatoms. The minimum absolute atomic E-state index is 0.0848. The Hall–Kier alpha value is -1.96. The van der Waals surface area contributed by atoms with Crippen LogP contribution in [0.25, 0.3) is 10.8 Å². The molecule has 2 aromatic carbocycles. The van der Waals surface area contributed by atoms with Crippen LogP contribution >= 0.6 is 0 Å². The van der Waals surface area contributed by atoms with E-state index in [0.717, 1.165) is 30.2 Å². The molecule has 1 fully saturated rings. The van der Waals surface area contributed by atoms with Crippen LogP contribution in [0.2, 0.25) is 0 Å². The van der Waals surface area contributed by atoms with Gasteiger partial charge in [-0.05, 0) is 49.2 Å². The normalized spacial score (nSPS) is 20.8. The van der Waals surface area contributed by atoms with Crippen LogP contribution in [-0.4, -0.2) is 39.5 Å². The molecule has 0 spiro atoms. The zero-order valence-electron chi connectivity index (χ0n) is 14.9. The van der Waals surface area contributed by atoms with Gasteiger partial charge in [0, 0.05) is 25.0 Å². The number of amides is 1. The van der Waals surface area contributed by atoms with Crippen LogP contribution in [0.3, 0.4) is 0 Å². The van der Waals surface area contributed by atoms with E-state index in [-0.39, 0.29) is 29.8 Å². The van der Waals surface area contributed by atoms with Crippen molar-refractivity contribution in [1.29, 1.82) is 0 Å². The Labute approximate surface area is 154 Å². The molecule has 3 N–H and O–H groups in total. The van der Waals surface area contributed by atoms with Crippen LogP contribution in [0.15, 0.2) is 47.4 Å². The predicted molar refractivity (Wildman–Crippen MR) is 102 cm³/mol. The smallest absolute Gasteiger partial charge is 0.240 e. The summed E-state index contributed by atoms with van der Waals surface area (Å²) in [5.41, 5.74) is 0. The average Bonchev–Trinajstić information content (AvgIpc) is 2.61. The summed E-state index contributed by atoms with van der Waals surface area (Å²) in [6, 6.07) is 13.2. The largest absolute Gasteiger partial charge is 0.353 e. The highest BCUT2D eigenvalue weighted by molar-refractivity contribution is 7.89. The molecule has 1 aliphatic heterocycles. The third-order valence-electron chi connectivity index (χ3n) is 4.66. The average molecular weight is 375 g/mol. The minimum Gasteiger partial charge on any atom is -0.353 e. The van der Waals surface area contributed by atoms with Gasteiger partial charge >= 0.3 is 0 Å². The molecular weight excluding hydrogens is 350 g/mol. The van der Waals surface area contributed by atoms with Gasteiger partial charge in [0.25, 0.3) is 0 Å². The lowest BCUT2D eigenvalue weighted by Gasteiger charge is -2.28. The van der Waals surface area contributed by atoms with Crippen LogP contribution in [-0.2, 0) is 14.8 Å². The van der Waals surface area contributed by atoms with Crippen molar-refractivity contribution < 1.29 is 13.2 Å². The summed E-state index contributed by atoms with van der Waals surface area (Å²) >= 11 is 0. The van der Waals surface area contributed by atoms with Gasteiger partial charge < -0.3 is 10.6 Å². The Kier molecular flexibility index (Phi) is 5.90. The van der Waals surface area contributed by atoms with E-state index in [1.54, 1.807) is 18.2 Å². The number of piperidine rings is 1. The fourth-order valence-electron chi connectivity index (χ4n) is 3.28. The molecule has 2 unspecified atom stereocenters. The van der Waals surface area contributed by atoms with Crippen molar-refractivity contribution in [1.82, 2.24) is 15.4 Å². The maximum Gasteiger partial charge on any atom is 0.240 e. The van der Waals surface area contributed by atoms with E-state index >= 15 is 0 Å². The van der Waals surface area contributed by atoms with Crippen LogP contribution < -0.4 is 15.4 Å². The quantitative estimate of drug-likeness (QED) is 0.718. The highest BCUT2D eigenvalue weighted by Crippen LogP contribution is 2.18. The molecule has 0 aliphatic carbocycles. The number of nitrogens with one attached hydrogen (secondary N) is 3. The van der Waals surface area contributed by atoms with Gasteiger partial charge in [-0.3, -0.25) is 4.79 Å². The molecule has 0 radical (unpaired) electrons. The van der Waals surface area contributed by atoms with Crippen molar-refractivity contribution in [3.63, 3.8) is 0 Å². The van der Waals surface area contributed by atoms with Crippen molar-refractivity contribution >= 4 is 26.7 Å². The van der Waals surface area contributed by atoms with E-state index < -0.39 is 10.0 Å². The standard InChI is InChI=1S/C19H25N3O3S/c1-14-12-17(8-10-20-14)22-19(23)9-11-21-26(24,25)18-7-6-15-4-2-3-5-16(15)13-18/h2-7,13-14,17,20-21H,8-12H2,1H3,(H,22,23). The molecule has 1 amide bonds. The third kappa shape index (κ3) is 4.81. The van der Waals surface area contributed by atoms with Crippen LogP contribution in [0.4, 0.5) is 0 Å². The number of hydrogen-bond acceptors (Lipinski definition) is 4. The van der Waals surface area contributed by atoms with Gasteiger partial charge in [0.1, 0.15) is 0 Å². The van der Waals surface area contributed by atoms with E-state index in [1.807, 2.05) is 24.3 Å². The van der Waals surface area contributed by atoms with E-state index in [9.17, 15) is 13.2 Å². The number of rotatable bonds is 6. The van der Waals surface area contributed by atoms with Crippen molar-refractivity contribution in [2.75, 3.05) is 13.1 Å². The van der Waals surface area contributed by atoms with Crippen LogP contribution in [0, 0.1) is 0 Å². The summed E-state index contributed by atoms with van der Waals surface area (Å²) in [4.78, 5) is 12.3. The third-order valence-corrected chi connectivity index (χ3v) is 6.12. The van der Waals surface area contributed by atoms with E-state index in [1.165, 1.54) is 0 Å². The van der Waals surface area contributed by atoms with Gasteiger partial charge in [0.15, 0.2) is 0 Å².